The summed E-state index contributed by atoms with van der Waals surface area (Å²) in [4.78, 5) is 15.7. The van der Waals surface area contributed by atoms with Crippen LogP contribution in [0.15, 0.2) is 18.3 Å². The summed E-state index contributed by atoms with van der Waals surface area (Å²) in [6.07, 6.45) is 3.11. The Morgan fingerprint density at radius 1 is 1.69 bits per heavy atom. The first-order valence-electron chi connectivity index (χ1n) is 4.24. The van der Waals surface area contributed by atoms with E-state index in [4.69, 9.17) is 11.6 Å². The summed E-state index contributed by atoms with van der Waals surface area (Å²) in [6.45, 7) is 0. The van der Waals surface area contributed by atoms with Crippen molar-refractivity contribution in [3.63, 3.8) is 0 Å². The van der Waals surface area contributed by atoms with Crippen molar-refractivity contribution in [2.45, 2.75) is 6.42 Å². The molecule has 0 aliphatic rings. The maximum Gasteiger partial charge on any atom is 0.170 e. The molecule has 1 rings (SSSR count). The summed E-state index contributed by atoms with van der Waals surface area (Å²) in [5, 5.41) is 11.0. The lowest BCUT2D eigenvalue weighted by Crippen LogP contribution is -2.30. The molecule has 16 heavy (non-hydrogen) atoms. The second kappa shape index (κ2) is 5.13. The van der Waals surface area contributed by atoms with Crippen molar-refractivity contribution >= 4 is 26.7 Å². The molecule has 0 aliphatic heterocycles. The van der Waals surface area contributed by atoms with Crippen LogP contribution >= 0.6 is 11.6 Å². The third-order valence-electron chi connectivity index (χ3n) is 1.68. The van der Waals surface area contributed by atoms with Gasteiger partial charge in [0.15, 0.2) is 5.03 Å². The van der Waals surface area contributed by atoms with Gasteiger partial charge in [-0.15, -0.1) is 0 Å². The van der Waals surface area contributed by atoms with Crippen LogP contribution in [0.1, 0.15) is 5.56 Å². The minimum absolute atomic E-state index is 0.320. The van der Waals surface area contributed by atoms with E-state index in [-0.39, 0.29) is 0 Å². The number of hydrogen-bond donors (Lipinski definition) is 1. The molecule has 0 fully saturated rings. The van der Waals surface area contributed by atoms with Crippen LogP contribution in [-0.4, -0.2) is 25.8 Å². The predicted octanol–water partition coefficient (Wildman–Crippen LogP) is 0.690. The number of aromatic nitrogens is 1. The summed E-state index contributed by atoms with van der Waals surface area (Å²) in [5.41, 5.74) is 0.782. The third-order valence-corrected chi connectivity index (χ3v) is 3.22. The van der Waals surface area contributed by atoms with Crippen molar-refractivity contribution in [3.05, 3.63) is 39.2 Å². The van der Waals surface area contributed by atoms with Crippen LogP contribution in [-0.2, 0) is 16.1 Å². The van der Waals surface area contributed by atoms with E-state index < -0.39 is 14.7 Å². The van der Waals surface area contributed by atoms with Gasteiger partial charge in [0.1, 0.15) is 5.15 Å². The summed E-state index contributed by atoms with van der Waals surface area (Å²) in [7, 11) is -2.77. The molecule has 1 atom stereocenters. The number of nitro groups is 1. The summed E-state index contributed by atoms with van der Waals surface area (Å²) in [5.74, 6) is 0. The maximum absolute atomic E-state index is 11.6. The number of hydrogen-bond acceptors (Lipinski definition) is 4. The van der Waals surface area contributed by atoms with Crippen LogP contribution in [0.2, 0.25) is 5.15 Å². The van der Waals surface area contributed by atoms with Crippen LogP contribution < -0.4 is 4.83 Å². The molecule has 1 N–H and O–H groups in total. The van der Waals surface area contributed by atoms with Gasteiger partial charge < -0.3 is 0 Å². The molecule has 0 spiro atoms. The summed E-state index contributed by atoms with van der Waals surface area (Å²) < 4.78 is 11.6. The van der Waals surface area contributed by atoms with Crippen molar-refractivity contribution in [3.8, 4) is 0 Å². The maximum atomic E-state index is 11.6. The number of pyridine rings is 1. The Labute approximate surface area is 97.9 Å². The van der Waals surface area contributed by atoms with Crippen molar-refractivity contribution in [1.29, 1.82) is 0 Å². The van der Waals surface area contributed by atoms with E-state index in [2.05, 4.69) is 4.98 Å². The van der Waals surface area contributed by atoms with E-state index in [1.54, 1.807) is 17.0 Å². The van der Waals surface area contributed by atoms with E-state index in [0.717, 1.165) is 5.56 Å². The standard InChI is InChI=1S/C8H10ClN3O3S/c1-16(15,11-12(13)14)5-4-7-2-3-8(9)10-6-7/h2-3,5-6H,4H2,1H3,(H,11,15). The first-order chi connectivity index (χ1) is 7.39. The Morgan fingerprint density at radius 2 is 2.38 bits per heavy atom. The van der Waals surface area contributed by atoms with Crippen molar-refractivity contribution in [2.75, 3.05) is 6.26 Å². The van der Waals surface area contributed by atoms with Gasteiger partial charge in [0, 0.05) is 18.9 Å². The van der Waals surface area contributed by atoms with E-state index in [1.807, 2.05) is 0 Å². The van der Waals surface area contributed by atoms with Gasteiger partial charge in [0.05, 0.1) is 9.71 Å². The Morgan fingerprint density at radius 3 is 2.88 bits per heavy atom. The second-order valence-electron chi connectivity index (χ2n) is 3.11. The van der Waals surface area contributed by atoms with Gasteiger partial charge in [-0.3, -0.25) is 0 Å². The van der Waals surface area contributed by atoms with Crippen LogP contribution in [0.3, 0.4) is 0 Å². The molecule has 0 bridgehead atoms. The molecule has 1 unspecified atom stereocenters. The zero-order valence-electron chi connectivity index (χ0n) is 8.42. The molecule has 0 saturated carbocycles. The van der Waals surface area contributed by atoms with Crippen LogP contribution in [0.5, 0.6) is 0 Å². The zero-order chi connectivity index (χ0) is 12.2. The molecule has 1 aromatic heterocycles. The number of halogens is 1. The topological polar surface area (TPSA) is 85.1 Å². The van der Waals surface area contributed by atoms with Gasteiger partial charge in [-0.2, -0.15) is 0 Å². The quantitative estimate of drug-likeness (QED) is 0.375. The van der Waals surface area contributed by atoms with Gasteiger partial charge in [-0.05, 0) is 17.0 Å². The number of nitrogens with one attached hydrogen (secondary N) is 1. The van der Waals surface area contributed by atoms with E-state index in [1.165, 1.54) is 17.8 Å². The second-order valence-corrected chi connectivity index (χ2v) is 5.82. The van der Waals surface area contributed by atoms with E-state index >= 15 is 0 Å². The fraction of sp³-hybridized carbons (Fsp3) is 0.250. The molecule has 0 aliphatic carbocycles. The fourth-order valence-corrected chi connectivity index (χ4v) is 1.96. The molecule has 0 amide bonds. The SMILES string of the molecule is CS(=O)(=CCc1ccc(Cl)nc1)N[N+](=O)[O-]. The lowest BCUT2D eigenvalue weighted by molar-refractivity contribution is -0.517. The molecule has 1 heterocycles. The predicted molar refractivity (Wildman–Crippen MR) is 63.2 cm³/mol. The Bertz CT molecular complexity index is 494. The Balaban J connectivity index is 2.76. The van der Waals surface area contributed by atoms with Crippen LogP contribution in [0, 0.1) is 10.1 Å². The Kier molecular flexibility index (Phi) is 4.08. The number of nitrogens with zero attached hydrogens (tertiary/aromatic N) is 2. The minimum Gasteiger partial charge on any atom is -0.244 e. The van der Waals surface area contributed by atoms with Gasteiger partial charge >= 0.3 is 0 Å². The number of rotatable bonds is 4. The van der Waals surface area contributed by atoms with Gasteiger partial charge in [0.2, 0.25) is 0 Å². The molecule has 0 saturated heterocycles. The first-order valence-corrected chi connectivity index (χ1v) is 6.64. The van der Waals surface area contributed by atoms with Crippen molar-refractivity contribution < 1.29 is 9.24 Å². The van der Waals surface area contributed by atoms with Gasteiger partial charge in [0.25, 0.3) is 0 Å². The van der Waals surface area contributed by atoms with Crippen molar-refractivity contribution in [2.24, 2.45) is 0 Å². The first kappa shape index (κ1) is 12.7. The highest BCUT2D eigenvalue weighted by molar-refractivity contribution is 7.98. The van der Waals surface area contributed by atoms with Gasteiger partial charge in [-0.1, -0.05) is 22.5 Å². The monoisotopic (exact) mass is 263 g/mol. The van der Waals surface area contributed by atoms with Crippen LogP contribution in [0.4, 0.5) is 0 Å². The molecule has 8 heteroatoms. The number of hydrazine groups is 1. The molecule has 0 aromatic carbocycles. The lowest BCUT2D eigenvalue weighted by Gasteiger charge is -2.01. The minimum atomic E-state index is -2.77. The average Bonchev–Trinajstić information content (AvgIpc) is 2.15. The van der Waals surface area contributed by atoms with Crippen LogP contribution in [0.25, 0.3) is 0 Å². The highest BCUT2D eigenvalue weighted by Crippen LogP contribution is 2.05. The fourth-order valence-electron chi connectivity index (χ4n) is 0.968. The normalized spacial score (nSPS) is 13.9. The molecular formula is C8H10ClN3O3S. The molecule has 6 nitrogen and oxygen atoms in total. The van der Waals surface area contributed by atoms with E-state index in [0.29, 0.717) is 11.6 Å². The van der Waals surface area contributed by atoms with Crippen molar-refractivity contribution in [1.82, 2.24) is 9.82 Å². The average molecular weight is 264 g/mol. The summed E-state index contributed by atoms with van der Waals surface area (Å²) >= 11 is 5.59. The highest BCUT2D eigenvalue weighted by atomic mass is 35.5. The smallest absolute Gasteiger partial charge is 0.170 e. The third kappa shape index (κ3) is 4.45. The van der Waals surface area contributed by atoms with Gasteiger partial charge in [-0.25, -0.2) is 19.3 Å². The zero-order valence-corrected chi connectivity index (χ0v) is 9.99. The molecule has 88 valence electrons. The Hall–Kier alpha value is -1.34. The largest absolute Gasteiger partial charge is 0.244 e. The van der Waals surface area contributed by atoms with E-state index in [9.17, 15) is 14.3 Å². The molecular weight excluding hydrogens is 254 g/mol. The summed E-state index contributed by atoms with van der Waals surface area (Å²) in [6, 6.07) is 3.32. The lowest BCUT2D eigenvalue weighted by atomic mass is 10.2. The molecule has 0 radical (unpaired) electrons. The molecule has 1 aromatic rings. The highest BCUT2D eigenvalue weighted by Gasteiger charge is 2.04.